The number of aliphatic imine (C=N–C) groups is 1. The Labute approximate surface area is 171 Å². The van der Waals surface area contributed by atoms with Gasteiger partial charge in [-0.2, -0.15) is 0 Å². The molecule has 6 nitrogen and oxygen atoms in total. The van der Waals surface area contributed by atoms with Crippen molar-refractivity contribution in [1.82, 2.24) is 10.6 Å². The third-order valence-electron chi connectivity index (χ3n) is 3.60. The zero-order valence-electron chi connectivity index (χ0n) is 15.0. The van der Waals surface area contributed by atoms with E-state index >= 15 is 0 Å². The third kappa shape index (κ3) is 6.91. The second kappa shape index (κ2) is 11.3. The van der Waals surface area contributed by atoms with Crippen molar-refractivity contribution in [2.45, 2.75) is 20.0 Å². The Balaban J connectivity index is 0.00000338. The highest BCUT2D eigenvalue weighted by molar-refractivity contribution is 14.0. The standard InChI is InChI=1S/C19H24N4O2.HI/c1-3-21-19(23-13-15-5-4-6-17(11-15)25-2)22-12-14-7-9-16(10-8-14)18(20)24;/h4-11H,3,12-13H2,1-2H3,(H2,20,24)(H2,21,22,23);1H. The van der Waals surface area contributed by atoms with Crippen molar-refractivity contribution in [1.29, 1.82) is 0 Å². The van der Waals surface area contributed by atoms with Gasteiger partial charge in [0, 0.05) is 18.7 Å². The molecule has 0 radical (unpaired) electrons. The maximum atomic E-state index is 11.1. The summed E-state index contributed by atoms with van der Waals surface area (Å²) in [6, 6.07) is 15.0. The number of nitrogens with zero attached hydrogens (tertiary/aromatic N) is 1. The fourth-order valence-corrected chi connectivity index (χ4v) is 2.26. The molecule has 2 aromatic rings. The molecule has 26 heavy (non-hydrogen) atoms. The van der Waals surface area contributed by atoms with Gasteiger partial charge in [0.1, 0.15) is 5.75 Å². The van der Waals surface area contributed by atoms with Gasteiger partial charge in [0.25, 0.3) is 0 Å². The summed E-state index contributed by atoms with van der Waals surface area (Å²) in [4.78, 5) is 15.7. The van der Waals surface area contributed by atoms with Gasteiger partial charge in [-0.3, -0.25) is 4.79 Å². The number of benzene rings is 2. The average molecular weight is 468 g/mol. The molecule has 1 amide bonds. The number of methoxy groups -OCH3 is 1. The van der Waals surface area contributed by atoms with E-state index in [1.165, 1.54) is 0 Å². The Bertz CT molecular complexity index is 733. The van der Waals surface area contributed by atoms with E-state index in [1.54, 1.807) is 19.2 Å². The van der Waals surface area contributed by atoms with E-state index in [0.717, 1.165) is 29.4 Å². The smallest absolute Gasteiger partial charge is 0.248 e. The molecule has 0 unspecified atom stereocenters. The number of halogens is 1. The van der Waals surface area contributed by atoms with Gasteiger partial charge in [0.15, 0.2) is 5.96 Å². The Morgan fingerprint density at radius 1 is 1.12 bits per heavy atom. The number of ether oxygens (including phenoxy) is 1. The predicted octanol–water partition coefficient (Wildman–Crippen LogP) is 2.67. The number of rotatable bonds is 7. The first-order valence-electron chi connectivity index (χ1n) is 8.16. The molecule has 0 spiro atoms. The molecule has 0 aromatic heterocycles. The van der Waals surface area contributed by atoms with E-state index in [9.17, 15) is 4.79 Å². The maximum absolute atomic E-state index is 11.1. The number of guanidine groups is 1. The lowest BCUT2D eigenvalue weighted by Crippen LogP contribution is -2.36. The molecule has 0 aliphatic carbocycles. The summed E-state index contributed by atoms with van der Waals surface area (Å²) in [5.74, 6) is 1.12. The highest BCUT2D eigenvalue weighted by atomic mass is 127. The van der Waals surface area contributed by atoms with Crippen LogP contribution in [0.1, 0.15) is 28.4 Å². The second-order valence-corrected chi connectivity index (χ2v) is 5.46. The minimum Gasteiger partial charge on any atom is -0.497 e. The molecule has 0 aliphatic heterocycles. The van der Waals surface area contributed by atoms with Gasteiger partial charge < -0.3 is 21.1 Å². The van der Waals surface area contributed by atoms with E-state index in [4.69, 9.17) is 10.5 Å². The molecular formula is C19H25IN4O2. The molecule has 2 rings (SSSR count). The zero-order chi connectivity index (χ0) is 18.1. The number of primary amides is 1. The van der Waals surface area contributed by atoms with Crippen molar-refractivity contribution < 1.29 is 9.53 Å². The molecule has 2 aromatic carbocycles. The molecule has 7 heteroatoms. The Kier molecular flexibility index (Phi) is 9.50. The van der Waals surface area contributed by atoms with Crippen LogP contribution in [0.4, 0.5) is 0 Å². The summed E-state index contributed by atoms with van der Waals surface area (Å²) in [6.45, 7) is 3.94. The summed E-state index contributed by atoms with van der Waals surface area (Å²) in [7, 11) is 1.65. The largest absolute Gasteiger partial charge is 0.497 e. The summed E-state index contributed by atoms with van der Waals surface area (Å²) >= 11 is 0. The Hall–Kier alpha value is -2.29. The topological polar surface area (TPSA) is 88.7 Å². The van der Waals surface area contributed by atoms with Gasteiger partial charge in [-0.25, -0.2) is 4.99 Å². The first-order chi connectivity index (χ1) is 12.1. The summed E-state index contributed by atoms with van der Waals surface area (Å²) < 4.78 is 5.23. The van der Waals surface area contributed by atoms with Crippen molar-refractivity contribution >= 4 is 35.8 Å². The molecule has 0 atom stereocenters. The van der Waals surface area contributed by atoms with E-state index in [0.29, 0.717) is 18.7 Å². The van der Waals surface area contributed by atoms with Crippen molar-refractivity contribution in [2.24, 2.45) is 10.7 Å². The molecular weight excluding hydrogens is 443 g/mol. The number of nitrogens with two attached hydrogens (primary N) is 1. The number of carbonyl (C=O) groups is 1. The lowest BCUT2D eigenvalue weighted by molar-refractivity contribution is 0.100. The normalized spacial score (nSPS) is 10.6. The van der Waals surface area contributed by atoms with Crippen LogP contribution in [0, 0.1) is 0 Å². The number of hydrogen-bond acceptors (Lipinski definition) is 3. The molecule has 0 saturated heterocycles. The van der Waals surface area contributed by atoms with E-state index in [2.05, 4.69) is 15.6 Å². The quantitative estimate of drug-likeness (QED) is 0.331. The second-order valence-electron chi connectivity index (χ2n) is 5.46. The van der Waals surface area contributed by atoms with Crippen molar-refractivity contribution in [3.8, 4) is 5.75 Å². The number of carbonyl (C=O) groups excluding carboxylic acids is 1. The van der Waals surface area contributed by atoms with Crippen LogP contribution in [0.15, 0.2) is 53.5 Å². The number of nitrogens with one attached hydrogen (secondary N) is 2. The fraction of sp³-hybridized carbons (Fsp3) is 0.263. The average Bonchev–Trinajstić information content (AvgIpc) is 2.64. The van der Waals surface area contributed by atoms with E-state index in [1.807, 2.05) is 43.3 Å². The molecule has 0 saturated carbocycles. The lowest BCUT2D eigenvalue weighted by Gasteiger charge is -2.12. The van der Waals surface area contributed by atoms with Crippen LogP contribution in [-0.2, 0) is 13.1 Å². The molecule has 0 aliphatic rings. The van der Waals surface area contributed by atoms with Gasteiger partial charge >= 0.3 is 0 Å². The zero-order valence-corrected chi connectivity index (χ0v) is 17.3. The fourth-order valence-electron chi connectivity index (χ4n) is 2.26. The monoisotopic (exact) mass is 468 g/mol. The summed E-state index contributed by atoms with van der Waals surface area (Å²) in [5.41, 5.74) is 7.86. The highest BCUT2D eigenvalue weighted by Crippen LogP contribution is 2.13. The van der Waals surface area contributed by atoms with Crippen LogP contribution in [0.5, 0.6) is 5.75 Å². The SMILES string of the molecule is CCNC(=NCc1cccc(OC)c1)NCc1ccc(C(N)=O)cc1.I. The van der Waals surface area contributed by atoms with Crippen LogP contribution >= 0.6 is 24.0 Å². The Morgan fingerprint density at radius 3 is 2.46 bits per heavy atom. The highest BCUT2D eigenvalue weighted by Gasteiger charge is 2.02. The van der Waals surface area contributed by atoms with E-state index in [-0.39, 0.29) is 24.0 Å². The number of amides is 1. The lowest BCUT2D eigenvalue weighted by atomic mass is 10.1. The van der Waals surface area contributed by atoms with Crippen molar-refractivity contribution in [2.75, 3.05) is 13.7 Å². The van der Waals surface area contributed by atoms with E-state index < -0.39 is 5.91 Å². The molecule has 4 N–H and O–H groups in total. The van der Waals surface area contributed by atoms with Crippen LogP contribution in [0.3, 0.4) is 0 Å². The van der Waals surface area contributed by atoms with Gasteiger partial charge in [0.05, 0.1) is 13.7 Å². The third-order valence-corrected chi connectivity index (χ3v) is 3.60. The van der Waals surface area contributed by atoms with Crippen LogP contribution in [0.25, 0.3) is 0 Å². The number of hydrogen-bond donors (Lipinski definition) is 3. The van der Waals surface area contributed by atoms with Gasteiger partial charge in [0.2, 0.25) is 5.91 Å². The van der Waals surface area contributed by atoms with Crippen LogP contribution in [0.2, 0.25) is 0 Å². The van der Waals surface area contributed by atoms with Gasteiger partial charge in [-0.15, -0.1) is 24.0 Å². The van der Waals surface area contributed by atoms with Gasteiger partial charge in [-0.05, 0) is 42.3 Å². The predicted molar refractivity (Wildman–Crippen MR) is 115 cm³/mol. The molecule has 0 heterocycles. The van der Waals surface area contributed by atoms with Crippen LogP contribution < -0.4 is 21.1 Å². The van der Waals surface area contributed by atoms with Crippen molar-refractivity contribution in [3.63, 3.8) is 0 Å². The minimum absolute atomic E-state index is 0. The van der Waals surface area contributed by atoms with Gasteiger partial charge in [-0.1, -0.05) is 24.3 Å². The molecule has 0 bridgehead atoms. The Morgan fingerprint density at radius 2 is 1.85 bits per heavy atom. The molecule has 0 fully saturated rings. The summed E-state index contributed by atoms with van der Waals surface area (Å²) in [6.07, 6.45) is 0. The first kappa shape index (κ1) is 21.8. The maximum Gasteiger partial charge on any atom is 0.248 e. The first-order valence-corrected chi connectivity index (χ1v) is 8.16. The summed E-state index contributed by atoms with van der Waals surface area (Å²) in [5, 5.41) is 6.49. The molecule has 140 valence electrons. The van der Waals surface area contributed by atoms with Crippen LogP contribution in [-0.4, -0.2) is 25.5 Å². The van der Waals surface area contributed by atoms with Crippen molar-refractivity contribution in [3.05, 3.63) is 65.2 Å². The minimum atomic E-state index is -0.423.